The van der Waals surface area contributed by atoms with Crippen molar-refractivity contribution >= 4 is 11.6 Å². The summed E-state index contributed by atoms with van der Waals surface area (Å²) in [6, 6.07) is 12.5. The van der Waals surface area contributed by atoms with E-state index in [9.17, 15) is 13.6 Å². The highest BCUT2D eigenvalue weighted by Gasteiger charge is 2.36. The summed E-state index contributed by atoms with van der Waals surface area (Å²) < 4.78 is 34.9. The van der Waals surface area contributed by atoms with Gasteiger partial charge in [0.25, 0.3) is 5.91 Å². The van der Waals surface area contributed by atoms with Gasteiger partial charge in [0.05, 0.1) is 5.69 Å². The lowest BCUT2D eigenvalue weighted by Crippen LogP contribution is -2.30. The van der Waals surface area contributed by atoms with Crippen molar-refractivity contribution in [2.75, 3.05) is 18.9 Å². The standard InChI is InChI=1S/C24H21F2N5O2/c25-17-9-18(26)11-20(10-17)31-13-21(23(29-31)16-5-7-28-12-16)24-30(22(32)14-33-24)8-6-15-1-3-19(27)4-2-15/h1-5,7,9-13,24,28H,6,8,14,27H2. The number of hydrogen-bond donors (Lipinski definition) is 2. The summed E-state index contributed by atoms with van der Waals surface area (Å²) in [6.07, 6.45) is 5.10. The molecule has 168 valence electrons. The summed E-state index contributed by atoms with van der Waals surface area (Å²) in [5.41, 5.74) is 9.65. The maximum absolute atomic E-state index is 13.8. The van der Waals surface area contributed by atoms with Crippen LogP contribution >= 0.6 is 0 Å². The van der Waals surface area contributed by atoms with E-state index in [4.69, 9.17) is 10.5 Å². The van der Waals surface area contributed by atoms with Gasteiger partial charge in [0.15, 0.2) is 6.23 Å². The Kier molecular flexibility index (Phi) is 5.39. The molecule has 3 heterocycles. The first kappa shape index (κ1) is 20.9. The number of nitrogens with one attached hydrogen (secondary N) is 1. The fraction of sp³-hybridized carbons (Fsp3) is 0.167. The molecule has 1 unspecified atom stereocenters. The molecule has 0 radical (unpaired) electrons. The first-order valence-corrected chi connectivity index (χ1v) is 10.4. The number of amides is 1. The number of nitrogen functional groups attached to an aromatic ring is 1. The van der Waals surface area contributed by atoms with Gasteiger partial charge in [0.2, 0.25) is 0 Å². The molecule has 0 saturated carbocycles. The molecule has 0 bridgehead atoms. The van der Waals surface area contributed by atoms with Gasteiger partial charge in [0, 0.05) is 48.0 Å². The Bertz CT molecular complexity index is 1260. The molecule has 1 saturated heterocycles. The minimum absolute atomic E-state index is 0.0568. The summed E-state index contributed by atoms with van der Waals surface area (Å²) in [7, 11) is 0. The smallest absolute Gasteiger partial charge is 0.250 e. The molecular weight excluding hydrogens is 428 g/mol. The van der Waals surface area contributed by atoms with Crippen LogP contribution in [0.4, 0.5) is 14.5 Å². The monoisotopic (exact) mass is 449 g/mol. The van der Waals surface area contributed by atoms with Crippen LogP contribution in [0.2, 0.25) is 0 Å². The minimum atomic E-state index is -0.706. The second kappa shape index (κ2) is 8.51. The number of ether oxygens (including phenoxy) is 1. The van der Waals surface area contributed by atoms with Gasteiger partial charge in [0.1, 0.15) is 23.9 Å². The molecule has 2 aromatic heterocycles. The number of carbonyl (C=O) groups excluding carboxylic acids is 1. The molecule has 2 aromatic carbocycles. The highest BCUT2D eigenvalue weighted by atomic mass is 19.1. The Morgan fingerprint density at radius 3 is 2.58 bits per heavy atom. The molecule has 33 heavy (non-hydrogen) atoms. The number of benzene rings is 2. The highest BCUT2D eigenvalue weighted by Crippen LogP contribution is 2.35. The molecule has 1 aliphatic rings. The normalized spacial score (nSPS) is 16.0. The predicted molar refractivity (Wildman–Crippen MR) is 118 cm³/mol. The lowest BCUT2D eigenvalue weighted by molar-refractivity contribution is -0.128. The summed E-state index contributed by atoms with van der Waals surface area (Å²) >= 11 is 0. The maximum Gasteiger partial charge on any atom is 0.250 e. The first-order valence-electron chi connectivity index (χ1n) is 10.4. The molecular formula is C24H21F2N5O2. The molecule has 1 atom stereocenters. The van der Waals surface area contributed by atoms with E-state index in [1.54, 1.807) is 23.5 Å². The number of rotatable bonds is 6. The lowest BCUT2D eigenvalue weighted by Gasteiger charge is -2.23. The van der Waals surface area contributed by atoms with E-state index in [2.05, 4.69) is 10.1 Å². The van der Waals surface area contributed by atoms with Gasteiger partial charge in [-0.1, -0.05) is 12.1 Å². The molecule has 1 amide bonds. The third kappa shape index (κ3) is 4.22. The van der Waals surface area contributed by atoms with Crippen LogP contribution in [0.25, 0.3) is 16.9 Å². The van der Waals surface area contributed by atoms with Gasteiger partial charge in [-0.25, -0.2) is 13.5 Å². The van der Waals surface area contributed by atoms with Crippen molar-refractivity contribution in [3.63, 3.8) is 0 Å². The van der Waals surface area contributed by atoms with Crippen LogP contribution in [-0.2, 0) is 16.0 Å². The van der Waals surface area contributed by atoms with E-state index in [1.807, 2.05) is 30.3 Å². The maximum atomic E-state index is 13.8. The van der Waals surface area contributed by atoms with Gasteiger partial charge >= 0.3 is 0 Å². The predicted octanol–water partition coefficient (Wildman–Crippen LogP) is 3.83. The molecule has 0 aliphatic carbocycles. The number of H-pyrrole nitrogens is 1. The number of hydrogen-bond acceptors (Lipinski definition) is 4. The van der Waals surface area contributed by atoms with Gasteiger partial charge < -0.3 is 20.4 Å². The van der Waals surface area contributed by atoms with Gasteiger partial charge in [-0.3, -0.25) is 4.79 Å². The van der Waals surface area contributed by atoms with E-state index >= 15 is 0 Å². The molecule has 4 aromatic rings. The van der Waals surface area contributed by atoms with Crippen molar-refractivity contribution in [3.05, 3.63) is 89.9 Å². The SMILES string of the molecule is Nc1ccc(CCN2C(=O)COC2c2cn(-c3cc(F)cc(F)c3)nc2-c2cc[nH]c2)cc1. The van der Waals surface area contributed by atoms with Crippen molar-refractivity contribution < 1.29 is 18.3 Å². The number of nitrogens with two attached hydrogens (primary N) is 1. The van der Waals surface area contributed by atoms with E-state index < -0.39 is 17.9 Å². The van der Waals surface area contributed by atoms with Crippen LogP contribution in [0.3, 0.4) is 0 Å². The second-order valence-electron chi connectivity index (χ2n) is 7.85. The average Bonchev–Trinajstić information content (AvgIpc) is 3.52. The zero-order valence-corrected chi connectivity index (χ0v) is 17.5. The zero-order chi connectivity index (χ0) is 22.9. The number of halogens is 2. The quantitative estimate of drug-likeness (QED) is 0.438. The Morgan fingerprint density at radius 1 is 1.12 bits per heavy atom. The second-order valence-corrected chi connectivity index (χ2v) is 7.85. The molecule has 1 fully saturated rings. The van der Waals surface area contributed by atoms with Crippen molar-refractivity contribution in [3.8, 4) is 16.9 Å². The van der Waals surface area contributed by atoms with E-state index in [0.29, 0.717) is 29.9 Å². The largest absolute Gasteiger partial charge is 0.399 e. The van der Waals surface area contributed by atoms with Crippen molar-refractivity contribution in [1.82, 2.24) is 19.7 Å². The van der Waals surface area contributed by atoms with E-state index in [0.717, 1.165) is 17.2 Å². The molecule has 7 nitrogen and oxygen atoms in total. The molecule has 3 N–H and O–H groups in total. The van der Waals surface area contributed by atoms with Gasteiger partial charge in [-0.2, -0.15) is 5.10 Å². The van der Waals surface area contributed by atoms with Crippen molar-refractivity contribution in [2.24, 2.45) is 0 Å². The molecule has 9 heteroatoms. The van der Waals surface area contributed by atoms with Crippen LogP contribution < -0.4 is 5.73 Å². The summed E-state index contributed by atoms with van der Waals surface area (Å²) in [6.45, 7) is 0.374. The third-order valence-electron chi connectivity index (χ3n) is 5.58. The Labute approximate surface area is 188 Å². The van der Waals surface area contributed by atoms with Gasteiger partial charge in [-0.05, 0) is 42.3 Å². The van der Waals surface area contributed by atoms with Crippen LogP contribution in [0.15, 0.2) is 67.1 Å². The summed E-state index contributed by atoms with van der Waals surface area (Å²) in [5.74, 6) is -1.55. The van der Waals surface area contributed by atoms with Crippen molar-refractivity contribution in [1.29, 1.82) is 0 Å². The summed E-state index contributed by atoms with van der Waals surface area (Å²) in [4.78, 5) is 17.3. The van der Waals surface area contributed by atoms with Gasteiger partial charge in [-0.15, -0.1) is 0 Å². The minimum Gasteiger partial charge on any atom is -0.399 e. The molecule has 1 aliphatic heterocycles. The fourth-order valence-corrected chi connectivity index (χ4v) is 3.95. The Morgan fingerprint density at radius 2 is 1.88 bits per heavy atom. The number of nitrogens with zero attached hydrogens (tertiary/aromatic N) is 3. The number of aromatic nitrogens is 3. The molecule has 5 rings (SSSR count). The first-order chi connectivity index (χ1) is 16.0. The Balaban J connectivity index is 1.50. The number of aromatic amines is 1. The zero-order valence-electron chi connectivity index (χ0n) is 17.5. The highest BCUT2D eigenvalue weighted by molar-refractivity contribution is 5.80. The molecule has 0 spiro atoms. The summed E-state index contributed by atoms with van der Waals surface area (Å²) in [5, 5.41) is 4.57. The van der Waals surface area contributed by atoms with Crippen molar-refractivity contribution in [2.45, 2.75) is 12.6 Å². The lowest BCUT2D eigenvalue weighted by atomic mass is 10.1. The number of anilines is 1. The van der Waals surface area contributed by atoms with E-state index in [-0.39, 0.29) is 18.2 Å². The van der Waals surface area contributed by atoms with Crippen LogP contribution in [0, 0.1) is 11.6 Å². The van der Waals surface area contributed by atoms with Crippen LogP contribution in [0.1, 0.15) is 17.4 Å². The fourth-order valence-electron chi connectivity index (χ4n) is 3.95. The number of carbonyl (C=O) groups is 1. The average molecular weight is 449 g/mol. The van der Waals surface area contributed by atoms with Crippen LogP contribution in [-0.4, -0.2) is 38.7 Å². The third-order valence-corrected chi connectivity index (χ3v) is 5.58. The topological polar surface area (TPSA) is 89.2 Å². The van der Waals surface area contributed by atoms with E-state index in [1.165, 1.54) is 16.8 Å². The van der Waals surface area contributed by atoms with Crippen LogP contribution in [0.5, 0.6) is 0 Å². The Hall–Kier alpha value is -3.98.